The zero-order valence-electron chi connectivity index (χ0n) is 10.1. The minimum absolute atomic E-state index is 0.208. The Kier molecular flexibility index (Phi) is 4.63. The first-order valence-corrected chi connectivity index (χ1v) is 8.71. The molecule has 19 heavy (non-hydrogen) atoms. The number of halogens is 2. The van der Waals surface area contributed by atoms with Gasteiger partial charge in [-0.15, -0.1) is 0 Å². The van der Waals surface area contributed by atoms with Crippen LogP contribution in [0.4, 0.5) is 4.39 Å². The number of hydrogen-bond donors (Lipinski definition) is 1. The summed E-state index contributed by atoms with van der Waals surface area (Å²) in [6, 6.07) is 9.94. The van der Waals surface area contributed by atoms with Crippen LogP contribution in [0, 0.1) is 16.3 Å². The van der Waals surface area contributed by atoms with Gasteiger partial charge in [-0.2, -0.15) is 0 Å². The molecule has 0 aromatic heterocycles. The molecule has 2 rings (SSSR count). The summed E-state index contributed by atoms with van der Waals surface area (Å²) in [5.74, 6) is -1.38. The van der Waals surface area contributed by atoms with Crippen LogP contribution < -0.4 is 8.70 Å². The average molecular weight is 432 g/mol. The van der Waals surface area contributed by atoms with Gasteiger partial charge in [0, 0.05) is 0 Å². The van der Waals surface area contributed by atoms with Gasteiger partial charge in [0.05, 0.1) is 0 Å². The van der Waals surface area contributed by atoms with Crippen molar-refractivity contribution in [2.24, 2.45) is 0 Å². The Morgan fingerprint density at radius 1 is 1.21 bits per heavy atom. The monoisotopic (exact) mass is 432 g/mol. The summed E-state index contributed by atoms with van der Waals surface area (Å²) in [6.45, 7) is 2.00. The number of aryl methyl sites for hydroxylation is 1. The molecule has 0 heterocycles. The fourth-order valence-electron chi connectivity index (χ4n) is 1.72. The van der Waals surface area contributed by atoms with Gasteiger partial charge in [-0.25, -0.2) is 0 Å². The third kappa shape index (κ3) is 3.57. The van der Waals surface area contributed by atoms with Crippen molar-refractivity contribution in [3.8, 4) is 0 Å². The maximum atomic E-state index is 13.3. The van der Waals surface area contributed by atoms with E-state index in [1.807, 2.05) is 19.1 Å². The van der Waals surface area contributed by atoms with E-state index in [0.29, 0.717) is 4.35 Å². The number of aromatic carboxylic acids is 1. The van der Waals surface area contributed by atoms with Gasteiger partial charge in [0.15, 0.2) is 0 Å². The minimum atomic E-state index is -0.998. The molecule has 0 aliphatic rings. The van der Waals surface area contributed by atoms with E-state index < -0.39 is 21.7 Å². The van der Waals surface area contributed by atoms with E-state index >= 15 is 0 Å². The van der Waals surface area contributed by atoms with Crippen LogP contribution in [0.2, 0.25) is 0 Å². The van der Waals surface area contributed by atoms with Gasteiger partial charge in [0.25, 0.3) is 0 Å². The molecule has 0 fully saturated rings. The molecule has 2 nitrogen and oxygen atoms in total. The summed E-state index contributed by atoms with van der Waals surface area (Å²) < 4.78 is 16.2. The summed E-state index contributed by atoms with van der Waals surface area (Å²) in [6.07, 6.45) is 0. The van der Waals surface area contributed by atoms with Gasteiger partial charge in [0.1, 0.15) is 0 Å². The molecule has 0 bridgehead atoms. The fourth-order valence-corrected chi connectivity index (χ4v) is 5.01. The Labute approximate surface area is 130 Å². The van der Waals surface area contributed by atoms with E-state index in [0.717, 1.165) is 13.5 Å². The van der Waals surface area contributed by atoms with E-state index in [1.165, 1.54) is 18.2 Å². The van der Waals surface area contributed by atoms with Gasteiger partial charge in [-0.05, 0) is 0 Å². The van der Waals surface area contributed by atoms with Gasteiger partial charge >= 0.3 is 131 Å². The van der Waals surface area contributed by atoms with Gasteiger partial charge in [-0.3, -0.25) is 0 Å². The van der Waals surface area contributed by atoms with E-state index in [1.54, 1.807) is 0 Å². The zero-order chi connectivity index (χ0) is 14.0. The zero-order valence-corrected chi connectivity index (χ0v) is 14.3. The Morgan fingerprint density at radius 2 is 1.95 bits per heavy atom. The molecule has 2 aromatic carbocycles. The SMILES string of the molecule is Cc1cc(I)ccc1[AsH]c1cc(F)ccc1C(=O)O. The van der Waals surface area contributed by atoms with Crippen LogP contribution in [0.5, 0.6) is 0 Å². The van der Waals surface area contributed by atoms with Crippen molar-refractivity contribution in [2.45, 2.75) is 6.92 Å². The first-order valence-electron chi connectivity index (χ1n) is 5.53. The third-order valence-electron chi connectivity index (χ3n) is 2.67. The second-order valence-electron chi connectivity index (χ2n) is 4.08. The maximum absolute atomic E-state index is 13.3. The molecular weight excluding hydrogens is 421 g/mol. The van der Waals surface area contributed by atoms with E-state index in [9.17, 15) is 9.18 Å². The molecular formula is C14H11AsFIO2. The summed E-state index contributed by atoms with van der Waals surface area (Å²) in [4.78, 5) is 11.2. The summed E-state index contributed by atoms with van der Waals surface area (Å²) in [5.41, 5.74) is 1.34. The molecule has 2 aromatic rings. The second kappa shape index (κ2) is 6.05. The predicted molar refractivity (Wildman–Crippen MR) is 83.7 cm³/mol. The first kappa shape index (κ1) is 14.5. The Hall–Kier alpha value is -0.872. The molecule has 98 valence electrons. The summed E-state index contributed by atoms with van der Waals surface area (Å²) in [5, 5.41) is 9.14. The summed E-state index contributed by atoms with van der Waals surface area (Å²) >= 11 is 1.38. The van der Waals surface area contributed by atoms with Crippen molar-refractivity contribution in [1.29, 1.82) is 0 Å². The van der Waals surface area contributed by atoms with Crippen LogP contribution in [0.15, 0.2) is 36.4 Å². The quantitative estimate of drug-likeness (QED) is 0.594. The predicted octanol–water partition coefficient (Wildman–Crippen LogP) is 1.82. The molecule has 1 N–H and O–H groups in total. The topological polar surface area (TPSA) is 37.3 Å². The standard InChI is InChI=1S/C14H11AsFIO2/c1-8-6-10(17)3-5-12(8)15-13-7-9(16)2-4-11(13)14(18)19/h2-7,15H,1H3,(H,18,19). The second-order valence-corrected chi connectivity index (χ2v) is 8.11. The van der Waals surface area contributed by atoms with Crippen LogP contribution in [0.25, 0.3) is 0 Å². The molecule has 1 unspecified atom stereocenters. The number of carbonyl (C=O) groups is 1. The summed E-state index contributed by atoms with van der Waals surface area (Å²) in [7, 11) is 0. The van der Waals surface area contributed by atoms with Crippen molar-refractivity contribution in [2.75, 3.05) is 0 Å². The van der Waals surface area contributed by atoms with Crippen molar-refractivity contribution in [1.82, 2.24) is 0 Å². The van der Waals surface area contributed by atoms with Gasteiger partial charge in [0.2, 0.25) is 0 Å². The number of hydrogen-bond acceptors (Lipinski definition) is 1. The molecule has 1 atom stereocenters. The number of carboxylic acid groups (broad SMARTS) is 1. The van der Waals surface area contributed by atoms with Crippen molar-refractivity contribution in [3.05, 3.63) is 56.9 Å². The third-order valence-corrected chi connectivity index (χ3v) is 6.52. The van der Waals surface area contributed by atoms with Crippen LogP contribution >= 0.6 is 22.6 Å². The number of rotatable bonds is 3. The van der Waals surface area contributed by atoms with Gasteiger partial charge in [-0.1, -0.05) is 0 Å². The van der Waals surface area contributed by atoms with Crippen LogP contribution in [-0.4, -0.2) is 26.8 Å². The fraction of sp³-hybridized carbons (Fsp3) is 0.0714. The van der Waals surface area contributed by atoms with Crippen LogP contribution in [0.1, 0.15) is 15.9 Å². The molecule has 0 saturated heterocycles. The Bertz CT molecular complexity index is 643. The first-order chi connectivity index (χ1) is 8.97. The van der Waals surface area contributed by atoms with E-state index in [-0.39, 0.29) is 11.4 Å². The molecule has 0 aliphatic heterocycles. The normalized spacial score (nSPS) is 11.1. The Balaban J connectivity index is 2.42. The van der Waals surface area contributed by atoms with Crippen molar-refractivity contribution >= 4 is 53.0 Å². The van der Waals surface area contributed by atoms with E-state index in [2.05, 4.69) is 28.7 Å². The number of carboxylic acids is 1. The van der Waals surface area contributed by atoms with Crippen molar-refractivity contribution in [3.63, 3.8) is 0 Å². The average Bonchev–Trinajstić information content (AvgIpc) is 2.32. The number of benzene rings is 2. The van der Waals surface area contributed by atoms with E-state index in [4.69, 9.17) is 5.11 Å². The molecule has 0 amide bonds. The Morgan fingerprint density at radius 3 is 2.58 bits per heavy atom. The molecule has 0 spiro atoms. The van der Waals surface area contributed by atoms with Crippen LogP contribution in [-0.2, 0) is 0 Å². The van der Waals surface area contributed by atoms with Crippen LogP contribution in [0.3, 0.4) is 0 Å². The van der Waals surface area contributed by atoms with Crippen molar-refractivity contribution < 1.29 is 14.3 Å². The molecule has 0 saturated carbocycles. The molecule has 5 heteroatoms. The molecule has 0 radical (unpaired) electrons. The molecule has 0 aliphatic carbocycles. The van der Waals surface area contributed by atoms with Gasteiger partial charge < -0.3 is 0 Å².